The first-order valence-electron chi connectivity index (χ1n) is 4.71. The lowest BCUT2D eigenvalue weighted by molar-refractivity contribution is -0.385. The van der Waals surface area contributed by atoms with Gasteiger partial charge in [0.25, 0.3) is 0 Å². The highest BCUT2D eigenvalue weighted by Crippen LogP contribution is 2.35. The average Bonchev–Trinajstić information content (AvgIpc) is 2.73. The third-order valence-electron chi connectivity index (χ3n) is 1.97. The van der Waals surface area contributed by atoms with Gasteiger partial charge in [0.1, 0.15) is 6.61 Å². The average molecular weight is 287 g/mol. The summed E-state index contributed by atoms with van der Waals surface area (Å²) in [6, 6.07) is 4.31. The van der Waals surface area contributed by atoms with Crippen molar-refractivity contribution in [3.05, 3.63) is 38.3 Å². The minimum absolute atomic E-state index is 0.0120. The van der Waals surface area contributed by atoms with E-state index in [0.717, 1.165) is 11.3 Å². The molecule has 1 aromatic carbocycles. The molecule has 0 saturated carbocycles. The Morgan fingerprint density at radius 1 is 1.50 bits per heavy atom. The second-order valence-electron chi connectivity index (χ2n) is 3.17. The maximum absolute atomic E-state index is 10.8. The molecule has 18 heavy (non-hydrogen) atoms. The third kappa shape index (κ3) is 2.66. The van der Waals surface area contributed by atoms with E-state index in [1.165, 1.54) is 18.2 Å². The molecule has 0 aliphatic heterocycles. The molecule has 2 N–H and O–H groups in total. The highest BCUT2D eigenvalue weighted by molar-refractivity contribution is 7.15. The van der Waals surface area contributed by atoms with Crippen LogP contribution in [-0.2, 0) is 6.61 Å². The first-order valence-corrected chi connectivity index (χ1v) is 5.91. The fraction of sp³-hybridized carbons (Fsp3) is 0.111. The Balaban J connectivity index is 2.20. The van der Waals surface area contributed by atoms with Crippen LogP contribution < -0.4 is 10.5 Å². The number of nitrogens with zero attached hydrogens (tertiary/aromatic N) is 3. The van der Waals surface area contributed by atoms with Gasteiger partial charge in [-0.1, -0.05) is 29.0 Å². The van der Waals surface area contributed by atoms with Crippen LogP contribution in [0.1, 0.15) is 5.01 Å². The van der Waals surface area contributed by atoms with Crippen molar-refractivity contribution in [2.24, 2.45) is 0 Å². The number of nitro groups is 1. The summed E-state index contributed by atoms with van der Waals surface area (Å²) < 4.78 is 5.31. The zero-order valence-electron chi connectivity index (χ0n) is 8.87. The van der Waals surface area contributed by atoms with Crippen LogP contribution in [0.25, 0.3) is 0 Å². The Hall–Kier alpha value is -1.93. The number of nitrogens with two attached hydrogens (primary N) is 1. The molecule has 0 saturated heterocycles. The Bertz CT molecular complexity index is 589. The van der Waals surface area contributed by atoms with Crippen molar-refractivity contribution in [3.63, 3.8) is 0 Å². The molecule has 0 bridgehead atoms. The van der Waals surface area contributed by atoms with Crippen molar-refractivity contribution < 1.29 is 9.66 Å². The van der Waals surface area contributed by atoms with Crippen LogP contribution >= 0.6 is 22.9 Å². The van der Waals surface area contributed by atoms with E-state index < -0.39 is 4.92 Å². The highest BCUT2D eigenvalue weighted by atomic mass is 35.5. The molecule has 0 unspecified atom stereocenters. The normalized spacial score (nSPS) is 10.3. The van der Waals surface area contributed by atoms with Crippen LogP contribution in [0.15, 0.2) is 18.2 Å². The number of anilines is 1. The number of nitrogen functional groups attached to an aromatic ring is 1. The fourth-order valence-electron chi connectivity index (χ4n) is 1.24. The lowest BCUT2D eigenvalue weighted by Crippen LogP contribution is -1.99. The summed E-state index contributed by atoms with van der Waals surface area (Å²) in [5.41, 5.74) is 5.22. The van der Waals surface area contributed by atoms with Gasteiger partial charge in [-0.2, -0.15) is 0 Å². The van der Waals surface area contributed by atoms with Crippen LogP contribution in [0.3, 0.4) is 0 Å². The van der Waals surface area contributed by atoms with E-state index in [1.807, 2.05) is 0 Å². The molecule has 0 amide bonds. The first kappa shape index (κ1) is 12.5. The van der Waals surface area contributed by atoms with Crippen LogP contribution in [0.5, 0.6) is 5.75 Å². The number of ether oxygens (including phenoxy) is 1. The lowest BCUT2D eigenvalue weighted by atomic mass is 10.3. The molecule has 2 rings (SSSR count). The lowest BCUT2D eigenvalue weighted by Gasteiger charge is -2.06. The summed E-state index contributed by atoms with van der Waals surface area (Å²) in [6.45, 7) is 0.0272. The molecule has 94 valence electrons. The van der Waals surface area contributed by atoms with E-state index in [1.54, 1.807) is 0 Å². The number of hydrogen-bond acceptors (Lipinski definition) is 7. The minimum Gasteiger partial charge on any atom is -0.478 e. The Kier molecular flexibility index (Phi) is 3.58. The predicted octanol–water partition coefficient (Wildman–Crippen LogP) is 2.26. The van der Waals surface area contributed by atoms with Crippen LogP contribution in [-0.4, -0.2) is 15.1 Å². The summed E-state index contributed by atoms with van der Waals surface area (Å²) in [5.74, 6) is 0.0120. The van der Waals surface area contributed by atoms with Crippen LogP contribution in [0.2, 0.25) is 5.02 Å². The smallest absolute Gasteiger partial charge is 0.312 e. The monoisotopic (exact) mass is 286 g/mol. The number of nitro benzene ring substituents is 1. The zero-order valence-corrected chi connectivity index (χ0v) is 10.4. The third-order valence-corrected chi connectivity index (χ3v) is 2.99. The number of hydrogen-bond donors (Lipinski definition) is 1. The molecule has 1 aromatic heterocycles. The number of halogens is 1. The van der Waals surface area contributed by atoms with Crippen LogP contribution in [0.4, 0.5) is 10.8 Å². The number of rotatable bonds is 4. The first-order chi connectivity index (χ1) is 8.58. The van der Waals surface area contributed by atoms with Gasteiger partial charge < -0.3 is 10.5 Å². The van der Waals surface area contributed by atoms with Crippen molar-refractivity contribution in [2.75, 3.05) is 5.73 Å². The number of benzene rings is 1. The zero-order chi connectivity index (χ0) is 13.1. The topological polar surface area (TPSA) is 104 Å². The SMILES string of the molecule is Nc1nnc(COc2c(Cl)cccc2[N+](=O)[O-])s1. The molecular formula is C9H7ClN4O3S. The number of para-hydroxylation sites is 1. The largest absolute Gasteiger partial charge is 0.478 e. The molecular weight excluding hydrogens is 280 g/mol. The van der Waals surface area contributed by atoms with Crippen molar-refractivity contribution in [1.29, 1.82) is 0 Å². The molecule has 7 nitrogen and oxygen atoms in total. The fourth-order valence-corrected chi connectivity index (χ4v) is 1.99. The molecule has 0 fully saturated rings. The van der Waals surface area contributed by atoms with Crippen molar-refractivity contribution in [1.82, 2.24) is 10.2 Å². The summed E-state index contributed by atoms with van der Waals surface area (Å²) in [4.78, 5) is 10.3. The molecule has 2 aromatic rings. The second-order valence-corrected chi connectivity index (χ2v) is 4.67. The minimum atomic E-state index is -0.560. The van der Waals surface area contributed by atoms with E-state index in [4.69, 9.17) is 22.1 Å². The Morgan fingerprint density at radius 3 is 2.89 bits per heavy atom. The van der Waals surface area contributed by atoms with E-state index in [0.29, 0.717) is 10.1 Å². The maximum atomic E-state index is 10.8. The second kappa shape index (κ2) is 5.15. The predicted molar refractivity (Wildman–Crippen MR) is 66.8 cm³/mol. The van der Waals surface area contributed by atoms with Gasteiger partial charge in [-0.15, -0.1) is 10.2 Å². The number of aromatic nitrogens is 2. The molecule has 0 spiro atoms. The van der Waals surface area contributed by atoms with E-state index in [9.17, 15) is 10.1 Å². The summed E-state index contributed by atoms with van der Waals surface area (Å²) in [5, 5.41) is 19.2. The molecule has 0 aliphatic carbocycles. The van der Waals surface area contributed by atoms with Gasteiger partial charge >= 0.3 is 5.69 Å². The van der Waals surface area contributed by atoms with Gasteiger partial charge in [-0.3, -0.25) is 10.1 Å². The maximum Gasteiger partial charge on any atom is 0.312 e. The van der Waals surface area contributed by atoms with E-state index >= 15 is 0 Å². The molecule has 9 heteroatoms. The van der Waals surface area contributed by atoms with E-state index in [-0.39, 0.29) is 23.1 Å². The Labute approximate surface area is 110 Å². The Morgan fingerprint density at radius 2 is 2.28 bits per heavy atom. The van der Waals surface area contributed by atoms with Gasteiger partial charge in [0.15, 0.2) is 5.01 Å². The molecule has 0 radical (unpaired) electrons. The summed E-state index contributed by atoms with van der Waals surface area (Å²) >= 11 is 7.00. The van der Waals surface area contributed by atoms with Crippen LogP contribution in [0, 0.1) is 10.1 Å². The van der Waals surface area contributed by atoms with Gasteiger partial charge in [0, 0.05) is 6.07 Å². The van der Waals surface area contributed by atoms with Crippen molar-refractivity contribution in [3.8, 4) is 5.75 Å². The highest BCUT2D eigenvalue weighted by Gasteiger charge is 2.18. The van der Waals surface area contributed by atoms with Gasteiger partial charge in [-0.25, -0.2) is 0 Å². The quantitative estimate of drug-likeness (QED) is 0.683. The van der Waals surface area contributed by atoms with Gasteiger partial charge in [0.2, 0.25) is 10.9 Å². The van der Waals surface area contributed by atoms with Crippen molar-refractivity contribution >= 4 is 33.8 Å². The molecule has 0 atom stereocenters. The standard InChI is InChI=1S/C9H7ClN4O3S/c10-5-2-1-3-6(14(15)16)8(5)17-4-7-12-13-9(11)18-7/h1-3H,4H2,(H2,11,13). The van der Waals surface area contributed by atoms with Crippen molar-refractivity contribution in [2.45, 2.75) is 6.61 Å². The van der Waals surface area contributed by atoms with Gasteiger partial charge in [0.05, 0.1) is 9.95 Å². The summed E-state index contributed by atoms with van der Waals surface area (Å²) in [7, 11) is 0. The summed E-state index contributed by atoms with van der Waals surface area (Å²) in [6.07, 6.45) is 0. The molecule has 1 heterocycles. The van der Waals surface area contributed by atoms with E-state index in [2.05, 4.69) is 10.2 Å². The van der Waals surface area contributed by atoms with Gasteiger partial charge in [-0.05, 0) is 6.07 Å². The molecule has 0 aliphatic rings.